The highest BCUT2D eigenvalue weighted by atomic mass is 19.1. The van der Waals surface area contributed by atoms with Gasteiger partial charge in [0, 0.05) is 31.8 Å². The van der Waals surface area contributed by atoms with Crippen LogP contribution in [0.5, 0.6) is 0 Å². The van der Waals surface area contributed by atoms with Crippen LogP contribution in [0.4, 0.5) is 4.39 Å². The highest BCUT2D eigenvalue weighted by Crippen LogP contribution is 2.28. The topological polar surface area (TPSA) is 52.9 Å². The molecule has 104 valence electrons. The van der Waals surface area contributed by atoms with E-state index in [4.69, 9.17) is 14.8 Å². The van der Waals surface area contributed by atoms with Crippen molar-refractivity contribution in [1.82, 2.24) is 4.90 Å². The Hall–Kier alpha value is -0.945. The van der Waals surface area contributed by atoms with Crippen molar-refractivity contribution in [2.24, 2.45) is 0 Å². The molecular weight excluding hydrogens is 248 g/mol. The minimum atomic E-state index is -1.63. The highest BCUT2D eigenvalue weighted by Gasteiger charge is 2.29. The van der Waals surface area contributed by atoms with E-state index in [1.165, 1.54) is 6.07 Å². The number of nitrogens with zero attached hydrogens (tertiary/aromatic N) is 1. The average molecular weight is 267 g/mol. The molecule has 0 unspecified atom stereocenters. The summed E-state index contributed by atoms with van der Waals surface area (Å²) in [6.45, 7) is 1.94. The zero-order chi connectivity index (χ0) is 13.8. The van der Waals surface area contributed by atoms with Gasteiger partial charge in [0.05, 0.1) is 6.61 Å². The second kappa shape index (κ2) is 6.48. The molecule has 1 aromatic carbocycles. The standard InChI is InChI=1S/C13H19BFNO3/c1-19-7-6-16(12-4-5-12)9-10-2-3-11(14(17)18)8-13(10)15/h2-3,8,12,17-18H,4-7,9H2,1H3. The molecule has 0 spiro atoms. The van der Waals surface area contributed by atoms with Crippen LogP contribution in [0.15, 0.2) is 18.2 Å². The summed E-state index contributed by atoms with van der Waals surface area (Å²) in [5, 5.41) is 18.0. The quantitative estimate of drug-likeness (QED) is 0.689. The van der Waals surface area contributed by atoms with Crippen LogP contribution in [-0.2, 0) is 11.3 Å². The van der Waals surface area contributed by atoms with Crippen LogP contribution in [0.3, 0.4) is 0 Å². The average Bonchev–Trinajstić information content (AvgIpc) is 3.20. The first-order valence-electron chi connectivity index (χ1n) is 6.49. The molecule has 2 N–H and O–H groups in total. The SMILES string of the molecule is COCCN(Cc1ccc(B(O)O)cc1F)C1CC1. The van der Waals surface area contributed by atoms with Crippen molar-refractivity contribution in [2.75, 3.05) is 20.3 Å². The van der Waals surface area contributed by atoms with Crippen molar-refractivity contribution in [1.29, 1.82) is 0 Å². The molecular formula is C13H19BFNO3. The van der Waals surface area contributed by atoms with E-state index in [1.54, 1.807) is 19.2 Å². The third-order valence-corrected chi connectivity index (χ3v) is 3.39. The predicted octanol–water partition coefficient (Wildman–Crippen LogP) is 0.116. The minimum Gasteiger partial charge on any atom is -0.423 e. The number of hydrogen-bond acceptors (Lipinski definition) is 4. The summed E-state index contributed by atoms with van der Waals surface area (Å²) in [7, 11) is 0.0277. The Balaban J connectivity index is 2.04. The van der Waals surface area contributed by atoms with Gasteiger partial charge in [-0.2, -0.15) is 0 Å². The predicted molar refractivity (Wildman–Crippen MR) is 71.5 cm³/mol. The fraction of sp³-hybridized carbons (Fsp3) is 0.538. The van der Waals surface area contributed by atoms with Crippen LogP contribution in [-0.4, -0.2) is 48.4 Å². The van der Waals surface area contributed by atoms with Gasteiger partial charge in [-0.25, -0.2) is 4.39 Å². The van der Waals surface area contributed by atoms with E-state index in [9.17, 15) is 4.39 Å². The molecule has 6 heteroatoms. The summed E-state index contributed by atoms with van der Waals surface area (Å²) in [4.78, 5) is 2.21. The summed E-state index contributed by atoms with van der Waals surface area (Å²) in [6.07, 6.45) is 2.30. The number of halogens is 1. The molecule has 0 aromatic heterocycles. The second-order valence-electron chi connectivity index (χ2n) is 4.92. The van der Waals surface area contributed by atoms with Gasteiger partial charge in [0.1, 0.15) is 5.82 Å². The van der Waals surface area contributed by atoms with Gasteiger partial charge in [-0.3, -0.25) is 4.90 Å². The van der Waals surface area contributed by atoms with Gasteiger partial charge in [0.15, 0.2) is 0 Å². The number of hydrogen-bond donors (Lipinski definition) is 2. The lowest BCUT2D eigenvalue weighted by atomic mass is 9.80. The smallest absolute Gasteiger partial charge is 0.423 e. The lowest BCUT2D eigenvalue weighted by molar-refractivity contribution is 0.139. The summed E-state index contributed by atoms with van der Waals surface area (Å²) in [5.41, 5.74) is 0.753. The zero-order valence-corrected chi connectivity index (χ0v) is 11.1. The van der Waals surface area contributed by atoms with Gasteiger partial charge in [-0.1, -0.05) is 12.1 Å². The highest BCUT2D eigenvalue weighted by molar-refractivity contribution is 6.58. The molecule has 1 aliphatic carbocycles. The molecule has 2 rings (SSSR count). The molecule has 0 atom stereocenters. The van der Waals surface area contributed by atoms with Gasteiger partial charge >= 0.3 is 7.12 Å². The Labute approximate surface area is 113 Å². The third kappa shape index (κ3) is 4.01. The second-order valence-corrected chi connectivity index (χ2v) is 4.92. The first-order chi connectivity index (χ1) is 9.11. The van der Waals surface area contributed by atoms with Gasteiger partial charge in [0.2, 0.25) is 0 Å². The first kappa shape index (κ1) is 14.5. The van der Waals surface area contributed by atoms with E-state index in [1.807, 2.05) is 0 Å². The van der Waals surface area contributed by atoms with Crippen molar-refractivity contribution < 1.29 is 19.2 Å². The van der Waals surface area contributed by atoms with Gasteiger partial charge < -0.3 is 14.8 Å². The molecule has 19 heavy (non-hydrogen) atoms. The van der Waals surface area contributed by atoms with E-state index in [-0.39, 0.29) is 5.46 Å². The molecule has 0 saturated heterocycles. The minimum absolute atomic E-state index is 0.177. The fourth-order valence-corrected chi connectivity index (χ4v) is 2.11. The Kier molecular flexibility index (Phi) is 4.93. The van der Waals surface area contributed by atoms with Crippen LogP contribution >= 0.6 is 0 Å². The maximum Gasteiger partial charge on any atom is 0.488 e. The summed E-state index contributed by atoms with van der Waals surface area (Å²) >= 11 is 0. The van der Waals surface area contributed by atoms with Gasteiger partial charge in [0.25, 0.3) is 0 Å². The molecule has 0 heterocycles. The van der Waals surface area contributed by atoms with E-state index in [2.05, 4.69) is 4.90 Å². The molecule has 1 saturated carbocycles. The Bertz CT molecular complexity index is 426. The third-order valence-electron chi connectivity index (χ3n) is 3.39. The van der Waals surface area contributed by atoms with E-state index in [0.717, 1.165) is 19.4 Å². The Morgan fingerprint density at radius 3 is 2.68 bits per heavy atom. The van der Waals surface area contributed by atoms with Crippen molar-refractivity contribution >= 4 is 12.6 Å². The number of rotatable bonds is 7. The van der Waals surface area contributed by atoms with Crippen LogP contribution in [0.25, 0.3) is 0 Å². The Morgan fingerprint density at radius 1 is 1.42 bits per heavy atom. The van der Waals surface area contributed by atoms with Crippen LogP contribution < -0.4 is 5.46 Å². The largest absolute Gasteiger partial charge is 0.488 e. The van der Waals surface area contributed by atoms with Crippen molar-refractivity contribution in [3.8, 4) is 0 Å². The molecule has 0 amide bonds. The van der Waals surface area contributed by atoms with Crippen molar-refractivity contribution in [3.05, 3.63) is 29.6 Å². The molecule has 4 nitrogen and oxygen atoms in total. The van der Waals surface area contributed by atoms with Crippen LogP contribution in [0, 0.1) is 5.82 Å². The van der Waals surface area contributed by atoms with Crippen molar-refractivity contribution in [3.63, 3.8) is 0 Å². The number of methoxy groups -OCH3 is 1. The zero-order valence-electron chi connectivity index (χ0n) is 11.1. The molecule has 0 bridgehead atoms. The molecule has 0 aliphatic heterocycles. The lowest BCUT2D eigenvalue weighted by Gasteiger charge is -2.22. The maximum absolute atomic E-state index is 13.9. The van der Waals surface area contributed by atoms with Crippen LogP contribution in [0.2, 0.25) is 0 Å². The molecule has 1 aromatic rings. The maximum atomic E-state index is 13.9. The van der Waals surface area contributed by atoms with E-state index >= 15 is 0 Å². The molecule has 1 fully saturated rings. The van der Waals surface area contributed by atoms with Crippen LogP contribution in [0.1, 0.15) is 18.4 Å². The summed E-state index contributed by atoms with van der Waals surface area (Å²) in [5.74, 6) is -0.395. The Morgan fingerprint density at radius 2 is 2.16 bits per heavy atom. The summed E-state index contributed by atoms with van der Waals surface area (Å²) < 4.78 is 19.0. The fourth-order valence-electron chi connectivity index (χ4n) is 2.11. The number of ether oxygens (including phenoxy) is 1. The normalized spacial score (nSPS) is 15.0. The first-order valence-corrected chi connectivity index (χ1v) is 6.49. The van der Waals surface area contributed by atoms with Crippen molar-refractivity contribution in [2.45, 2.75) is 25.4 Å². The number of benzene rings is 1. The van der Waals surface area contributed by atoms with Gasteiger partial charge in [-0.05, 0) is 24.4 Å². The monoisotopic (exact) mass is 267 g/mol. The molecule has 1 aliphatic rings. The summed E-state index contributed by atoms with van der Waals surface area (Å²) in [6, 6.07) is 4.87. The van der Waals surface area contributed by atoms with Gasteiger partial charge in [-0.15, -0.1) is 0 Å². The van der Waals surface area contributed by atoms with E-state index < -0.39 is 12.9 Å². The lowest BCUT2D eigenvalue weighted by Crippen LogP contribution is -2.32. The van der Waals surface area contributed by atoms with E-state index in [0.29, 0.717) is 24.8 Å². The molecule has 0 radical (unpaired) electrons.